The Labute approximate surface area is 249 Å². The monoisotopic (exact) mass is 718 g/mol. The molecule has 0 N–H and O–H groups in total. The smallest absolute Gasteiger partial charge is 0.199 e. The van der Waals surface area contributed by atoms with E-state index in [0.717, 1.165) is 36.4 Å². The molecule has 0 radical (unpaired) electrons. The summed E-state index contributed by atoms with van der Waals surface area (Å²) in [5, 5.41) is -2.60. The molecule has 3 rings (SSSR count). The maximum atomic E-state index is 13.7. The van der Waals surface area contributed by atoms with Crippen LogP contribution in [0.15, 0.2) is 51.1 Å². The van der Waals surface area contributed by atoms with E-state index in [0.29, 0.717) is 0 Å². The minimum absolute atomic E-state index is 0.0395. The van der Waals surface area contributed by atoms with Crippen LogP contribution in [0.25, 0.3) is 0 Å². The summed E-state index contributed by atoms with van der Waals surface area (Å²) in [7, 11) is -10.8. The van der Waals surface area contributed by atoms with E-state index in [1.54, 1.807) is 0 Å². The highest BCUT2D eigenvalue weighted by molar-refractivity contribution is 8.33. The van der Waals surface area contributed by atoms with Crippen LogP contribution >= 0.6 is 115 Å². The van der Waals surface area contributed by atoms with E-state index in [2.05, 4.69) is 0 Å². The highest BCUT2D eigenvalue weighted by Crippen LogP contribution is 2.78. The van der Waals surface area contributed by atoms with Crippen molar-refractivity contribution in [3.8, 4) is 0 Å². The average Bonchev–Trinajstić information content (AvgIpc) is 2.63. The molecule has 0 saturated carbocycles. The van der Waals surface area contributed by atoms with Gasteiger partial charge in [-0.25, -0.2) is 0 Å². The van der Waals surface area contributed by atoms with Crippen molar-refractivity contribution in [2.24, 2.45) is 0 Å². The first kappa shape index (κ1) is 30.9. The Morgan fingerprint density at radius 3 is 0.944 bits per heavy atom. The molecule has 36 heavy (non-hydrogen) atoms. The summed E-state index contributed by atoms with van der Waals surface area (Å²) in [4.78, 5) is -1.50. The molecule has 0 heterocycles. The minimum atomic E-state index is -6.44. The van der Waals surface area contributed by atoms with Crippen molar-refractivity contribution in [2.45, 2.75) is 20.2 Å². The molecule has 0 atom stereocenters. The van der Waals surface area contributed by atoms with Crippen LogP contribution in [0, 0.1) is 0 Å². The molecule has 0 saturated heterocycles. The summed E-state index contributed by atoms with van der Waals surface area (Å²) in [6.45, 7) is 0. The number of alkyl halides is 3. The van der Waals surface area contributed by atoms with Gasteiger partial charge in [-0.2, -0.15) is 25.2 Å². The third-order valence-electron chi connectivity index (χ3n) is 4.23. The van der Waals surface area contributed by atoms with Gasteiger partial charge in [0.1, 0.15) is 0 Å². The Balaban J connectivity index is 2.74. The molecule has 0 unspecified atom stereocenters. The molecule has 0 aromatic heterocycles. The van der Waals surface area contributed by atoms with Gasteiger partial charge in [-0.05, 0) is 46.7 Å². The molecule has 0 aliphatic carbocycles. The van der Waals surface area contributed by atoms with Crippen molar-refractivity contribution in [2.75, 3.05) is 0 Å². The molecule has 0 spiro atoms. The number of benzene rings is 3. The van der Waals surface area contributed by atoms with Gasteiger partial charge >= 0.3 is 15.6 Å². The lowest BCUT2D eigenvalue weighted by Crippen LogP contribution is -2.28. The molecule has 0 bridgehead atoms. The zero-order valence-corrected chi connectivity index (χ0v) is 25.0. The summed E-state index contributed by atoms with van der Waals surface area (Å²) in [5.74, 6) is 0. The molecule has 0 aliphatic heterocycles. The molecule has 17 heteroatoms. The fraction of sp³-hybridized carbons (Fsp3) is 0.0526. The first-order valence-corrected chi connectivity index (χ1v) is 15.1. The molecule has 3 aromatic carbocycles. The lowest BCUT2D eigenvalue weighted by Gasteiger charge is -2.42. The maximum Gasteiger partial charge on any atom is 0.524 e. The van der Waals surface area contributed by atoms with E-state index < -0.39 is 70.8 Å². The second-order valence-corrected chi connectivity index (χ2v) is 14.6. The van der Waals surface area contributed by atoms with E-state index in [1.165, 1.54) is 0 Å². The van der Waals surface area contributed by atoms with Gasteiger partial charge in [0.05, 0.1) is 44.8 Å². The minimum Gasteiger partial charge on any atom is -0.199 e. The summed E-state index contributed by atoms with van der Waals surface area (Å²) >= 11 is 56.4. The van der Waals surface area contributed by atoms with Gasteiger partial charge in [-0.3, -0.25) is 0 Å². The summed E-state index contributed by atoms with van der Waals surface area (Å²) in [6.07, 6.45) is 0. The zero-order chi connectivity index (χ0) is 27.4. The van der Waals surface area contributed by atoms with Gasteiger partial charge in [0, 0.05) is 15.1 Å². The summed E-state index contributed by atoms with van der Waals surface area (Å²) in [5.41, 5.74) is -5.92. The van der Waals surface area contributed by atoms with Crippen molar-refractivity contribution in [3.05, 3.63) is 81.6 Å². The Hall–Kier alpha value is 0.320. The number of rotatable bonds is 5. The first-order chi connectivity index (χ1) is 16.4. The van der Waals surface area contributed by atoms with Crippen LogP contribution < -0.4 is 0 Å². The van der Waals surface area contributed by atoms with Gasteiger partial charge < -0.3 is 0 Å². The van der Waals surface area contributed by atoms with Crippen molar-refractivity contribution < 1.29 is 25.2 Å². The SMILES string of the molecule is O=S(=O)(OS(c1c(Cl)cc(Cl)cc1Cl)(c1c(Cl)cc(Cl)cc1Cl)c1c(Cl)cc(Cl)cc1Cl)C(F)(F)F. The average molecular weight is 722 g/mol. The summed E-state index contributed by atoms with van der Waals surface area (Å²) < 4.78 is 71.5. The van der Waals surface area contributed by atoms with Crippen LogP contribution in [0.3, 0.4) is 0 Å². The lowest BCUT2D eigenvalue weighted by atomic mass is 10.3. The standard InChI is InChI=1S/C19H6Cl9F3O3S2/c20-7-1-10(23)16(11(24)2-7)35(34-36(32,33)19(29,30)31,17-12(25)3-8(21)4-13(17)26)18-14(27)5-9(22)6-15(18)28/h1-6H. The number of hydrogen-bond donors (Lipinski definition) is 0. The van der Waals surface area contributed by atoms with Crippen molar-refractivity contribution >= 4 is 125 Å². The number of hydrogen-bond acceptors (Lipinski definition) is 3. The molecule has 3 aromatic rings. The Bertz CT molecular complexity index is 1270. The van der Waals surface area contributed by atoms with Gasteiger partial charge in [0.2, 0.25) is 0 Å². The Morgan fingerprint density at radius 2 is 0.750 bits per heavy atom. The van der Waals surface area contributed by atoms with E-state index in [4.69, 9.17) is 108 Å². The second-order valence-electron chi connectivity index (χ2n) is 6.62. The molecule has 0 aliphatic rings. The Morgan fingerprint density at radius 1 is 0.528 bits per heavy atom. The van der Waals surface area contributed by atoms with Crippen molar-refractivity contribution in [3.63, 3.8) is 0 Å². The summed E-state index contributed by atoms with van der Waals surface area (Å²) in [6, 6.07) is 6.53. The van der Waals surface area contributed by atoms with E-state index in [9.17, 15) is 21.6 Å². The zero-order valence-electron chi connectivity index (χ0n) is 16.5. The fourth-order valence-electron chi connectivity index (χ4n) is 2.99. The Kier molecular flexibility index (Phi) is 9.48. The maximum absolute atomic E-state index is 13.7. The topological polar surface area (TPSA) is 43.4 Å². The van der Waals surface area contributed by atoms with Crippen molar-refractivity contribution in [1.29, 1.82) is 0 Å². The molecule has 0 amide bonds. The van der Waals surface area contributed by atoms with Crippen LogP contribution in [-0.4, -0.2) is 13.9 Å². The predicted molar refractivity (Wildman–Crippen MR) is 143 cm³/mol. The van der Waals surface area contributed by atoms with Gasteiger partial charge in [-0.1, -0.05) is 104 Å². The molecule has 196 valence electrons. The number of halogens is 12. The van der Waals surface area contributed by atoms with Crippen LogP contribution in [0.4, 0.5) is 13.2 Å². The second kappa shape index (κ2) is 11.1. The molecular formula is C19H6Cl9F3O3S2. The lowest BCUT2D eigenvalue weighted by molar-refractivity contribution is -0.0496. The van der Waals surface area contributed by atoms with E-state index in [-0.39, 0.29) is 15.1 Å². The molecule has 0 fully saturated rings. The van der Waals surface area contributed by atoms with Gasteiger partial charge in [0.15, 0.2) is 0 Å². The fourth-order valence-corrected chi connectivity index (χ4v) is 12.2. The normalized spacial score (nSPS) is 13.2. The van der Waals surface area contributed by atoms with Crippen LogP contribution in [0.1, 0.15) is 0 Å². The molecule has 3 nitrogen and oxygen atoms in total. The molecular weight excluding hydrogens is 716 g/mol. The van der Waals surface area contributed by atoms with E-state index in [1.807, 2.05) is 0 Å². The first-order valence-electron chi connectivity index (χ1n) is 8.72. The largest absolute Gasteiger partial charge is 0.524 e. The van der Waals surface area contributed by atoms with Gasteiger partial charge in [0.25, 0.3) is 0 Å². The third-order valence-corrected chi connectivity index (χ3v) is 12.5. The highest BCUT2D eigenvalue weighted by Gasteiger charge is 2.55. The van der Waals surface area contributed by atoms with E-state index >= 15 is 0 Å². The highest BCUT2D eigenvalue weighted by atomic mass is 35.5. The van der Waals surface area contributed by atoms with Crippen LogP contribution in [-0.2, 0) is 13.7 Å². The van der Waals surface area contributed by atoms with Crippen LogP contribution in [0.5, 0.6) is 0 Å². The van der Waals surface area contributed by atoms with Crippen molar-refractivity contribution in [1.82, 2.24) is 0 Å². The predicted octanol–water partition coefficient (Wildman–Crippen LogP) is 11.6. The quantitative estimate of drug-likeness (QED) is 0.246. The third kappa shape index (κ3) is 5.76. The van der Waals surface area contributed by atoms with Crippen LogP contribution in [0.2, 0.25) is 45.2 Å². The van der Waals surface area contributed by atoms with Gasteiger partial charge in [-0.15, -0.1) is 0 Å².